The molecular weight excluding hydrogens is 522 g/mol. The summed E-state index contributed by atoms with van der Waals surface area (Å²) >= 11 is 0. The van der Waals surface area contributed by atoms with Crippen LogP contribution in [0.2, 0.25) is 0 Å². The predicted molar refractivity (Wildman–Crippen MR) is 163 cm³/mol. The summed E-state index contributed by atoms with van der Waals surface area (Å²) in [6, 6.07) is 6.57. The van der Waals surface area contributed by atoms with Crippen molar-refractivity contribution in [3.63, 3.8) is 0 Å². The third-order valence-electron chi connectivity index (χ3n) is 6.05. The van der Waals surface area contributed by atoms with Crippen LogP contribution >= 0.6 is 0 Å². The second kappa shape index (κ2) is 14.2. The molecule has 0 spiro atoms. The van der Waals surface area contributed by atoms with Crippen molar-refractivity contribution in [2.45, 2.75) is 117 Å². The summed E-state index contributed by atoms with van der Waals surface area (Å²) in [5.41, 5.74) is 4.24. The fourth-order valence-electron chi connectivity index (χ4n) is 3.72. The first-order valence-electron chi connectivity index (χ1n) is 14.4. The number of benzene rings is 1. The molecule has 1 amide bonds. The highest BCUT2D eigenvalue weighted by Gasteiger charge is 2.31. The summed E-state index contributed by atoms with van der Waals surface area (Å²) in [7, 11) is 0. The normalized spacial score (nSPS) is 14.0. The van der Waals surface area contributed by atoms with Gasteiger partial charge in [0.2, 0.25) is 0 Å². The molecule has 1 aromatic carbocycles. The van der Waals surface area contributed by atoms with Crippen LogP contribution in [0.25, 0.3) is 0 Å². The summed E-state index contributed by atoms with van der Waals surface area (Å²) in [6.07, 6.45) is 0.0886. The fraction of sp³-hybridized carbons (Fsp3) is 0.719. The van der Waals surface area contributed by atoms with E-state index in [1.54, 1.807) is 24.3 Å². The van der Waals surface area contributed by atoms with Crippen molar-refractivity contribution in [2.75, 3.05) is 26.3 Å². The molecule has 0 heterocycles. The molecule has 4 N–H and O–H groups in total. The molecule has 41 heavy (non-hydrogen) atoms. The molecule has 0 aliphatic carbocycles. The van der Waals surface area contributed by atoms with Crippen molar-refractivity contribution in [3.8, 4) is 0 Å². The Morgan fingerprint density at radius 2 is 1.27 bits per heavy atom. The molecule has 1 atom stereocenters. The van der Waals surface area contributed by atoms with E-state index in [0.717, 1.165) is 0 Å². The second-order valence-electron chi connectivity index (χ2n) is 14.7. The molecule has 9 nitrogen and oxygen atoms in total. The van der Waals surface area contributed by atoms with Gasteiger partial charge in [0, 0.05) is 35.7 Å². The molecule has 1 unspecified atom stereocenters. The minimum atomic E-state index is -0.768. The van der Waals surface area contributed by atoms with Crippen LogP contribution in [-0.4, -0.2) is 71.8 Å². The Labute approximate surface area is 247 Å². The smallest absolute Gasteiger partial charge is 0.309 e. The molecule has 0 aliphatic rings. The summed E-state index contributed by atoms with van der Waals surface area (Å²) < 4.78 is 17.3. The van der Waals surface area contributed by atoms with Gasteiger partial charge in [-0.25, -0.2) is 0 Å². The molecular formula is C32H55N3O6. The van der Waals surface area contributed by atoms with Gasteiger partial charge in [-0.1, -0.05) is 12.1 Å². The van der Waals surface area contributed by atoms with Crippen LogP contribution in [0, 0.1) is 5.92 Å². The number of hydrogen-bond acceptors (Lipinski definition) is 8. The van der Waals surface area contributed by atoms with Gasteiger partial charge in [0.05, 0.1) is 36.4 Å². The monoisotopic (exact) mass is 577 g/mol. The van der Waals surface area contributed by atoms with Crippen molar-refractivity contribution in [1.29, 1.82) is 0 Å². The summed E-state index contributed by atoms with van der Waals surface area (Å²) in [4.78, 5) is 38.3. The van der Waals surface area contributed by atoms with Crippen molar-refractivity contribution >= 4 is 17.7 Å². The van der Waals surface area contributed by atoms with E-state index < -0.39 is 22.7 Å². The van der Waals surface area contributed by atoms with Crippen LogP contribution in [0.4, 0.5) is 0 Å². The van der Waals surface area contributed by atoms with Gasteiger partial charge in [0.1, 0.15) is 5.60 Å². The number of Topliss-reactive ketones (excluding diaryl/α,β-unsaturated/α-hetero) is 1. The highest BCUT2D eigenvalue weighted by molar-refractivity contribution is 6.00. The van der Waals surface area contributed by atoms with Crippen LogP contribution in [0.3, 0.4) is 0 Å². The maximum atomic E-state index is 13.2. The Kier molecular flexibility index (Phi) is 12.7. The number of ketones is 1. The number of rotatable bonds is 15. The Hall–Kier alpha value is -2.33. The molecule has 1 rings (SSSR count). The third kappa shape index (κ3) is 14.9. The average Bonchev–Trinajstić information content (AvgIpc) is 2.80. The predicted octanol–water partition coefficient (Wildman–Crippen LogP) is 4.66. The van der Waals surface area contributed by atoms with Gasteiger partial charge >= 0.3 is 5.97 Å². The SMILES string of the molecule is CC(C)(COC(C)(C)C)NCC(CN)C(=O)c1ccc(C(=O)NC(C)(C)COC(C)(C)CC(=O)OC(C)(C)C)cc1. The molecule has 0 saturated heterocycles. The molecule has 0 fully saturated rings. The van der Waals surface area contributed by atoms with Crippen LogP contribution in [0.1, 0.15) is 110 Å². The van der Waals surface area contributed by atoms with Gasteiger partial charge in [0.25, 0.3) is 5.91 Å². The van der Waals surface area contributed by atoms with E-state index >= 15 is 0 Å². The zero-order chi connectivity index (χ0) is 31.9. The minimum absolute atomic E-state index is 0.0829. The fourth-order valence-corrected chi connectivity index (χ4v) is 3.72. The molecule has 0 bridgehead atoms. The largest absolute Gasteiger partial charge is 0.460 e. The first-order valence-corrected chi connectivity index (χ1v) is 14.4. The van der Waals surface area contributed by atoms with E-state index in [1.807, 2.05) is 83.1 Å². The highest BCUT2D eigenvalue weighted by atomic mass is 16.6. The number of carbonyl (C=O) groups excluding carboxylic acids is 3. The summed E-state index contributed by atoms with van der Waals surface area (Å²) in [5.74, 6) is -1.13. The number of amides is 1. The van der Waals surface area contributed by atoms with Gasteiger partial charge in [-0.05, 0) is 95.2 Å². The van der Waals surface area contributed by atoms with Gasteiger partial charge < -0.3 is 30.6 Å². The third-order valence-corrected chi connectivity index (χ3v) is 6.05. The topological polar surface area (TPSA) is 129 Å². The quantitative estimate of drug-likeness (QED) is 0.203. The highest BCUT2D eigenvalue weighted by Crippen LogP contribution is 2.21. The zero-order valence-electron chi connectivity index (χ0n) is 27.4. The van der Waals surface area contributed by atoms with E-state index in [0.29, 0.717) is 24.3 Å². The number of nitrogens with two attached hydrogens (primary N) is 1. The molecule has 0 aliphatic heterocycles. The van der Waals surface area contributed by atoms with Gasteiger partial charge in [-0.2, -0.15) is 0 Å². The molecule has 0 radical (unpaired) electrons. The Balaban J connectivity index is 2.73. The Morgan fingerprint density at radius 1 is 0.756 bits per heavy atom. The van der Waals surface area contributed by atoms with Crippen molar-refractivity contribution in [2.24, 2.45) is 11.7 Å². The van der Waals surface area contributed by atoms with E-state index in [1.165, 1.54) is 0 Å². The lowest BCUT2D eigenvalue weighted by Gasteiger charge is -2.33. The van der Waals surface area contributed by atoms with Gasteiger partial charge in [-0.3, -0.25) is 14.4 Å². The van der Waals surface area contributed by atoms with E-state index in [2.05, 4.69) is 10.6 Å². The van der Waals surface area contributed by atoms with Crippen molar-refractivity contribution in [3.05, 3.63) is 35.4 Å². The van der Waals surface area contributed by atoms with Crippen LogP contribution < -0.4 is 16.4 Å². The molecule has 234 valence electrons. The Morgan fingerprint density at radius 3 is 1.76 bits per heavy atom. The summed E-state index contributed by atoms with van der Waals surface area (Å²) in [5, 5.41) is 6.38. The van der Waals surface area contributed by atoms with Crippen molar-refractivity contribution in [1.82, 2.24) is 10.6 Å². The van der Waals surface area contributed by atoms with Crippen LogP contribution in [-0.2, 0) is 19.0 Å². The number of hydrogen-bond donors (Lipinski definition) is 3. The maximum absolute atomic E-state index is 13.2. The van der Waals surface area contributed by atoms with E-state index in [4.69, 9.17) is 19.9 Å². The lowest BCUT2D eigenvalue weighted by molar-refractivity contribution is -0.162. The first-order chi connectivity index (χ1) is 18.4. The minimum Gasteiger partial charge on any atom is -0.460 e. The maximum Gasteiger partial charge on any atom is 0.309 e. The van der Waals surface area contributed by atoms with E-state index in [-0.39, 0.29) is 48.4 Å². The molecule has 9 heteroatoms. The number of esters is 1. The first kappa shape index (κ1) is 36.7. The van der Waals surface area contributed by atoms with Crippen LogP contribution in [0.5, 0.6) is 0 Å². The average molecular weight is 578 g/mol. The number of nitrogens with one attached hydrogen (secondary N) is 2. The molecule has 0 aromatic heterocycles. The molecule has 1 aromatic rings. The van der Waals surface area contributed by atoms with Crippen molar-refractivity contribution < 1.29 is 28.6 Å². The number of ether oxygens (including phenoxy) is 3. The van der Waals surface area contributed by atoms with Crippen LogP contribution in [0.15, 0.2) is 24.3 Å². The van der Waals surface area contributed by atoms with E-state index in [9.17, 15) is 14.4 Å². The summed E-state index contributed by atoms with van der Waals surface area (Å²) in [6.45, 7) is 24.1. The zero-order valence-corrected chi connectivity index (χ0v) is 27.4. The second-order valence-corrected chi connectivity index (χ2v) is 14.7. The lowest BCUT2D eigenvalue weighted by atomic mass is 9.95. The van der Waals surface area contributed by atoms with Gasteiger partial charge in [-0.15, -0.1) is 0 Å². The molecule has 0 saturated carbocycles. The van der Waals surface area contributed by atoms with Gasteiger partial charge in [0.15, 0.2) is 5.78 Å². The lowest BCUT2D eigenvalue weighted by Crippen LogP contribution is -2.49. The Bertz CT molecular complexity index is 1020. The number of carbonyl (C=O) groups is 3. The standard InChI is InChI=1S/C32H55N3O6/c1-28(2,3)39-20-30(7,8)34-19-24(18-33)26(37)22-13-15-23(16-14-22)27(38)35-31(9,10)21-40-32(11,12)17-25(36)41-29(4,5)6/h13-16,24,34H,17-21,33H2,1-12H3,(H,35,38).